The Balaban J connectivity index is 1.36. The van der Waals surface area contributed by atoms with Gasteiger partial charge in [-0.25, -0.2) is 4.79 Å². The summed E-state index contributed by atoms with van der Waals surface area (Å²) < 4.78 is 6.11. The third-order valence-corrected chi connectivity index (χ3v) is 9.25. The summed E-state index contributed by atoms with van der Waals surface area (Å²) in [5, 5.41) is 10.2. The Morgan fingerprint density at radius 1 is 1.03 bits per heavy atom. The zero-order valence-electron chi connectivity index (χ0n) is 17.8. The number of rotatable bonds is 2. The van der Waals surface area contributed by atoms with E-state index < -0.39 is 0 Å². The van der Waals surface area contributed by atoms with E-state index >= 15 is 0 Å². The van der Waals surface area contributed by atoms with E-state index in [1.54, 1.807) is 0 Å². The van der Waals surface area contributed by atoms with Crippen LogP contribution in [0, 0.1) is 28.6 Å². The van der Waals surface area contributed by atoms with Crippen molar-refractivity contribution >= 4 is 5.97 Å². The Kier molecular flexibility index (Phi) is 4.66. The number of hydrogen-bond donors (Lipinski definition) is 1. The monoisotopic (exact) mass is 394 g/mol. The van der Waals surface area contributed by atoms with Gasteiger partial charge in [0.05, 0.1) is 11.7 Å². The summed E-state index contributed by atoms with van der Waals surface area (Å²) in [6.07, 6.45) is 11.0. The molecule has 5 rings (SSSR count). The zero-order valence-corrected chi connectivity index (χ0v) is 17.8. The zero-order chi connectivity index (χ0) is 20.2. The van der Waals surface area contributed by atoms with Crippen molar-refractivity contribution in [2.75, 3.05) is 0 Å². The maximum absolute atomic E-state index is 12.7. The smallest absolute Gasteiger partial charge is 0.338 e. The largest absolute Gasteiger partial charge is 0.458 e. The molecule has 0 unspecified atom stereocenters. The molecule has 3 fully saturated rings. The summed E-state index contributed by atoms with van der Waals surface area (Å²) in [5.41, 5.74) is 2.54. The highest BCUT2D eigenvalue weighted by Crippen LogP contribution is 2.65. The molecule has 0 radical (unpaired) electrons. The Hall–Kier alpha value is -1.61. The summed E-state index contributed by atoms with van der Waals surface area (Å²) in [6, 6.07) is 9.42. The molecule has 1 aromatic carbocycles. The van der Waals surface area contributed by atoms with Crippen LogP contribution in [0.2, 0.25) is 0 Å². The van der Waals surface area contributed by atoms with Gasteiger partial charge in [-0.15, -0.1) is 0 Å². The summed E-state index contributed by atoms with van der Waals surface area (Å²) in [5.74, 6) is 1.88. The minimum atomic E-state index is -0.168. The molecular weight excluding hydrogens is 360 g/mol. The van der Waals surface area contributed by atoms with Gasteiger partial charge in [-0.3, -0.25) is 0 Å². The van der Waals surface area contributed by atoms with E-state index in [0.717, 1.165) is 44.4 Å². The SMILES string of the molecule is C[C@@]12CC[C@H]3[C@H](CC=C4C[C@H](O)CC[C@@]43C)[C@@H]1CC[C@H]2OC(=O)c1ccccc1. The third-order valence-electron chi connectivity index (χ3n) is 9.25. The molecular formula is C26H34O3. The van der Waals surface area contributed by atoms with Gasteiger partial charge in [-0.2, -0.15) is 0 Å². The van der Waals surface area contributed by atoms with Crippen LogP contribution in [0.5, 0.6) is 0 Å². The maximum atomic E-state index is 12.7. The van der Waals surface area contributed by atoms with E-state index in [9.17, 15) is 9.90 Å². The fourth-order valence-corrected chi connectivity index (χ4v) is 7.56. The highest BCUT2D eigenvalue weighted by Gasteiger charge is 2.59. The molecule has 0 bridgehead atoms. The molecule has 29 heavy (non-hydrogen) atoms. The van der Waals surface area contributed by atoms with E-state index in [1.165, 1.54) is 18.4 Å². The van der Waals surface area contributed by atoms with Gasteiger partial charge in [-0.05, 0) is 86.7 Å². The number of carbonyl (C=O) groups excluding carboxylic acids is 1. The van der Waals surface area contributed by atoms with Crippen LogP contribution in [0.15, 0.2) is 42.0 Å². The average Bonchev–Trinajstić information content (AvgIpc) is 3.05. The van der Waals surface area contributed by atoms with Crippen LogP contribution < -0.4 is 0 Å². The Morgan fingerprint density at radius 3 is 2.62 bits per heavy atom. The van der Waals surface area contributed by atoms with E-state index in [0.29, 0.717) is 17.4 Å². The van der Waals surface area contributed by atoms with Crippen molar-refractivity contribution < 1.29 is 14.6 Å². The first-order valence-electron chi connectivity index (χ1n) is 11.6. The molecule has 1 aromatic rings. The van der Waals surface area contributed by atoms with Crippen molar-refractivity contribution in [2.45, 2.75) is 77.4 Å². The first-order chi connectivity index (χ1) is 13.9. The lowest BCUT2D eigenvalue weighted by Gasteiger charge is -2.57. The van der Waals surface area contributed by atoms with Gasteiger partial charge < -0.3 is 9.84 Å². The van der Waals surface area contributed by atoms with Gasteiger partial charge in [0.2, 0.25) is 0 Å². The second-order valence-electron chi connectivity index (χ2n) is 10.5. The Bertz CT molecular complexity index is 815. The van der Waals surface area contributed by atoms with Crippen molar-refractivity contribution in [1.29, 1.82) is 0 Å². The molecule has 4 aliphatic carbocycles. The van der Waals surface area contributed by atoms with Crippen molar-refractivity contribution in [3.63, 3.8) is 0 Å². The van der Waals surface area contributed by atoms with Crippen molar-refractivity contribution in [3.8, 4) is 0 Å². The highest BCUT2D eigenvalue weighted by molar-refractivity contribution is 5.89. The molecule has 0 saturated heterocycles. The van der Waals surface area contributed by atoms with E-state index in [1.807, 2.05) is 30.3 Å². The van der Waals surface area contributed by atoms with Gasteiger partial charge in [0.15, 0.2) is 0 Å². The lowest BCUT2D eigenvalue weighted by atomic mass is 9.48. The van der Waals surface area contributed by atoms with Gasteiger partial charge in [0.1, 0.15) is 6.10 Å². The average molecular weight is 395 g/mol. The number of fused-ring (bicyclic) bond motifs is 5. The summed E-state index contributed by atoms with van der Waals surface area (Å²) in [4.78, 5) is 12.7. The quantitative estimate of drug-likeness (QED) is 0.529. The first kappa shape index (κ1) is 19.4. The van der Waals surface area contributed by atoms with Crippen molar-refractivity contribution in [2.24, 2.45) is 28.6 Å². The number of ether oxygens (including phenoxy) is 1. The molecule has 4 aliphatic rings. The molecule has 1 N–H and O–H groups in total. The number of carbonyl (C=O) groups is 1. The fraction of sp³-hybridized carbons (Fsp3) is 0.654. The predicted molar refractivity (Wildman–Crippen MR) is 113 cm³/mol. The molecule has 0 heterocycles. The first-order valence-corrected chi connectivity index (χ1v) is 11.6. The normalized spacial score (nSPS) is 43.6. The molecule has 0 spiro atoms. The Labute approximate surface area is 174 Å². The molecule has 7 atom stereocenters. The lowest BCUT2D eigenvalue weighted by molar-refractivity contribution is -0.0778. The highest BCUT2D eigenvalue weighted by atomic mass is 16.5. The van der Waals surface area contributed by atoms with Crippen LogP contribution in [0.3, 0.4) is 0 Å². The van der Waals surface area contributed by atoms with Gasteiger partial charge in [-0.1, -0.05) is 43.7 Å². The molecule has 0 aromatic heterocycles. The second kappa shape index (κ2) is 6.97. The lowest BCUT2D eigenvalue weighted by Crippen LogP contribution is -2.51. The summed E-state index contributed by atoms with van der Waals surface area (Å²) in [6.45, 7) is 4.85. The number of esters is 1. The summed E-state index contributed by atoms with van der Waals surface area (Å²) >= 11 is 0. The van der Waals surface area contributed by atoms with Crippen LogP contribution in [0.4, 0.5) is 0 Å². The molecule has 156 valence electrons. The molecule has 3 heteroatoms. The number of aliphatic hydroxyl groups is 1. The van der Waals surface area contributed by atoms with E-state index in [-0.39, 0.29) is 29.0 Å². The molecule has 3 saturated carbocycles. The molecule has 0 amide bonds. The maximum Gasteiger partial charge on any atom is 0.338 e. The summed E-state index contributed by atoms with van der Waals surface area (Å²) in [7, 11) is 0. The van der Waals surface area contributed by atoms with Crippen molar-refractivity contribution in [3.05, 3.63) is 47.5 Å². The number of benzene rings is 1. The molecule has 0 aliphatic heterocycles. The van der Waals surface area contributed by atoms with Crippen molar-refractivity contribution in [1.82, 2.24) is 0 Å². The van der Waals surface area contributed by atoms with Crippen LogP contribution in [0.1, 0.15) is 75.6 Å². The predicted octanol–water partition coefficient (Wildman–Crippen LogP) is 5.54. The van der Waals surface area contributed by atoms with E-state index in [4.69, 9.17) is 4.74 Å². The van der Waals surface area contributed by atoms with Crippen LogP contribution in [-0.2, 0) is 4.74 Å². The van der Waals surface area contributed by atoms with E-state index in [2.05, 4.69) is 19.9 Å². The van der Waals surface area contributed by atoms with Gasteiger partial charge >= 0.3 is 5.97 Å². The number of aliphatic hydroxyl groups excluding tert-OH is 1. The fourth-order valence-electron chi connectivity index (χ4n) is 7.56. The number of hydrogen-bond acceptors (Lipinski definition) is 3. The topological polar surface area (TPSA) is 46.5 Å². The Morgan fingerprint density at radius 2 is 1.83 bits per heavy atom. The van der Waals surface area contributed by atoms with Crippen LogP contribution in [0.25, 0.3) is 0 Å². The minimum Gasteiger partial charge on any atom is -0.458 e. The third kappa shape index (κ3) is 3.00. The minimum absolute atomic E-state index is 0.0347. The molecule has 3 nitrogen and oxygen atoms in total. The van der Waals surface area contributed by atoms with Gasteiger partial charge in [0.25, 0.3) is 0 Å². The number of allylic oxidation sites excluding steroid dienone is 1. The van der Waals surface area contributed by atoms with Gasteiger partial charge in [0, 0.05) is 5.41 Å². The second-order valence-corrected chi connectivity index (χ2v) is 10.5. The standard InChI is InChI=1S/C26H34O3/c1-25-14-12-19(27)16-18(25)8-9-20-21-10-11-23(26(21,2)15-13-22(20)25)29-24(28)17-6-4-3-5-7-17/h3-8,19-23,27H,9-16H2,1-2H3/t19-,20-,21+,22+,23-,25+,26-/m1/s1. The van der Waals surface area contributed by atoms with Crippen LogP contribution >= 0.6 is 0 Å². The van der Waals surface area contributed by atoms with Crippen LogP contribution in [-0.4, -0.2) is 23.3 Å².